The molecule has 1 N–H and O–H groups in total. The number of benzene rings is 2. The zero-order valence-electron chi connectivity index (χ0n) is 15.0. The Kier molecular flexibility index (Phi) is 6.97. The summed E-state index contributed by atoms with van der Waals surface area (Å²) in [5.41, 5.74) is 1.93. The van der Waals surface area contributed by atoms with Crippen molar-refractivity contribution < 1.29 is 13.2 Å². The van der Waals surface area contributed by atoms with Gasteiger partial charge in [0.15, 0.2) is 0 Å². The van der Waals surface area contributed by atoms with Crippen molar-refractivity contribution in [3.8, 4) is 0 Å². The zero-order valence-corrected chi connectivity index (χ0v) is 17.5. The number of halogens is 1. The van der Waals surface area contributed by atoms with Crippen molar-refractivity contribution >= 4 is 45.2 Å². The minimum Gasteiger partial charge on any atom is -0.379 e. The third-order valence-corrected chi connectivity index (χ3v) is 6.63. The number of rotatable bonds is 6. The van der Waals surface area contributed by atoms with Gasteiger partial charge in [-0.15, -0.1) is 12.4 Å². The summed E-state index contributed by atoms with van der Waals surface area (Å²) < 4.78 is 42.9. The lowest BCUT2D eigenvalue weighted by molar-refractivity contribution is 0.0345. The summed E-state index contributed by atoms with van der Waals surface area (Å²) in [6.07, 6.45) is 0. The molecule has 4 rings (SSSR count). The van der Waals surface area contributed by atoms with E-state index in [9.17, 15) is 8.42 Å². The first kappa shape index (κ1) is 21.1. The molecule has 1 aliphatic heterocycles. The lowest BCUT2D eigenvalue weighted by Crippen LogP contribution is -2.43. The molecular weight excluding hydrogens is 420 g/mol. The van der Waals surface area contributed by atoms with Gasteiger partial charge in [-0.25, -0.2) is 13.1 Å². The lowest BCUT2D eigenvalue weighted by Gasteiger charge is -2.31. The highest BCUT2D eigenvalue weighted by Crippen LogP contribution is 2.24. The second kappa shape index (κ2) is 9.25. The van der Waals surface area contributed by atoms with E-state index in [1.807, 2.05) is 30.3 Å². The number of fused-ring (bicyclic) bond motifs is 1. The Balaban J connectivity index is 0.00000225. The topological polar surface area (TPSA) is 84.4 Å². The third kappa shape index (κ3) is 4.68. The molecule has 1 aromatic heterocycles. The zero-order chi connectivity index (χ0) is 18.7. The summed E-state index contributed by atoms with van der Waals surface area (Å²) in [6.45, 7) is 3.49. The minimum atomic E-state index is -3.76. The summed E-state index contributed by atoms with van der Waals surface area (Å²) >= 11 is 1.01. The van der Waals surface area contributed by atoms with E-state index < -0.39 is 10.0 Å². The van der Waals surface area contributed by atoms with Crippen LogP contribution in [0.5, 0.6) is 0 Å². The smallest absolute Gasteiger partial charge is 0.243 e. The molecule has 1 unspecified atom stereocenters. The summed E-state index contributed by atoms with van der Waals surface area (Å²) in [7, 11) is -3.76. The number of nitrogens with one attached hydrogen (secondary N) is 1. The average molecular weight is 441 g/mol. The molecular formula is C18H21ClN4O3S2. The predicted octanol–water partition coefficient (Wildman–Crippen LogP) is 2.46. The number of hydrogen-bond acceptors (Lipinski definition) is 7. The highest BCUT2D eigenvalue weighted by Gasteiger charge is 2.26. The Morgan fingerprint density at radius 2 is 1.82 bits per heavy atom. The quantitative estimate of drug-likeness (QED) is 0.633. The molecule has 3 aromatic rings. The molecule has 150 valence electrons. The van der Waals surface area contributed by atoms with Crippen LogP contribution in [0.1, 0.15) is 11.6 Å². The first-order chi connectivity index (χ1) is 13.1. The van der Waals surface area contributed by atoms with Gasteiger partial charge >= 0.3 is 0 Å². The summed E-state index contributed by atoms with van der Waals surface area (Å²) in [4.78, 5) is 2.38. The maximum Gasteiger partial charge on any atom is 0.243 e. The van der Waals surface area contributed by atoms with Crippen LogP contribution >= 0.6 is 24.1 Å². The van der Waals surface area contributed by atoms with Crippen LogP contribution in [-0.2, 0) is 14.8 Å². The number of sulfonamides is 1. The Hall–Kier alpha value is -1.62. The van der Waals surface area contributed by atoms with E-state index >= 15 is 0 Å². The molecule has 0 aliphatic carbocycles. The number of hydrogen-bond donors (Lipinski definition) is 1. The second-order valence-electron chi connectivity index (χ2n) is 6.39. The van der Waals surface area contributed by atoms with E-state index in [1.54, 1.807) is 18.2 Å². The van der Waals surface area contributed by atoms with Gasteiger partial charge in [-0.05, 0) is 17.7 Å². The molecule has 28 heavy (non-hydrogen) atoms. The van der Waals surface area contributed by atoms with Crippen LogP contribution in [0.4, 0.5) is 0 Å². The molecule has 0 radical (unpaired) electrons. The van der Waals surface area contributed by atoms with Crippen LogP contribution in [0, 0.1) is 0 Å². The normalized spacial score (nSPS) is 16.6. The van der Waals surface area contributed by atoms with Gasteiger partial charge in [-0.3, -0.25) is 4.90 Å². The average Bonchev–Trinajstić information content (AvgIpc) is 3.17. The molecule has 1 fully saturated rings. The van der Waals surface area contributed by atoms with E-state index in [0.29, 0.717) is 30.8 Å². The van der Waals surface area contributed by atoms with E-state index in [0.717, 1.165) is 30.4 Å². The molecule has 1 aliphatic rings. The number of morpholine rings is 1. The molecule has 10 heteroatoms. The van der Waals surface area contributed by atoms with Crippen molar-refractivity contribution in [2.45, 2.75) is 10.9 Å². The van der Waals surface area contributed by atoms with Gasteiger partial charge in [0.05, 0.1) is 31.0 Å². The summed E-state index contributed by atoms with van der Waals surface area (Å²) in [6, 6.07) is 14.3. The van der Waals surface area contributed by atoms with Crippen LogP contribution in [0.2, 0.25) is 0 Å². The first-order valence-electron chi connectivity index (χ1n) is 8.72. The van der Waals surface area contributed by atoms with Crippen LogP contribution in [0.15, 0.2) is 53.4 Å². The molecule has 0 saturated carbocycles. The fourth-order valence-electron chi connectivity index (χ4n) is 3.19. The van der Waals surface area contributed by atoms with E-state index in [-0.39, 0.29) is 23.3 Å². The van der Waals surface area contributed by atoms with Crippen molar-refractivity contribution in [3.05, 3.63) is 54.1 Å². The Bertz CT molecular complexity index is 1010. The van der Waals surface area contributed by atoms with Crippen molar-refractivity contribution in [2.24, 2.45) is 0 Å². The second-order valence-corrected chi connectivity index (χ2v) is 8.60. The Morgan fingerprint density at radius 1 is 1.07 bits per heavy atom. The standard InChI is InChI=1S/C18H20N4O3S2.ClH/c23-27(24,17-8-4-7-15-18(17)20-26-19-15)21-16(14-5-2-1-3-6-14)13-22-9-11-25-12-10-22;/h1-8,16,21H,9-13H2;1H. The van der Waals surface area contributed by atoms with Crippen molar-refractivity contribution in [1.29, 1.82) is 0 Å². The third-order valence-electron chi connectivity index (χ3n) is 4.58. The van der Waals surface area contributed by atoms with Gasteiger partial charge in [0.25, 0.3) is 0 Å². The van der Waals surface area contributed by atoms with E-state index in [2.05, 4.69) is 18.4 Å². The molecule has 2 aromatic carbocycles. The van der Waals surface area contributed by atoms with Crippen LogP contribution in [0.3, 0.4) is 0 Å². The van der Waals surface area contributed by atoms with Crippen molar-refractivity contribution in [3.63, 3.8) is 0 Å². The monoisotopic (exact) mass is 440 g/mol. The van der Waals surface area contributed by atoms with Crippen molar-refractivity contribution in [1.82, 2.24) is 18.4 Å². The van der Waals surface area contributed by atoms with Crippen LogP contribution in [0.25, 0.3) is 11.0 Å². The number of aromatic nitrogens is 2. The molecule has 0 amide bonds. The van der Waals surface area contributed by atoms with Gasteiger partial charge in [-0.2, -0.15) is 8.75 Å². The fourth-order valence-corrected chi connectivity index (χ4v) is 5.17. The van der Waals surface area contributed by atoms with E-state index in [1.165, 1.54) is 0 Å². The Labute approximate surface area is 174 Å². The van der Waals surface area contributed by atoms with Gasteiger partial charge < -0.3 is 4.74 Å². The number of nitrogens with zero attached hydrogens (tertiary/aromatic N) is 3. The lowest BCUT2D eigenvalue weighted by atomic mass is 10.1. The van der Waals surface area contributed by atoms with Gasteiger partial charge in [-0.1, -0.05) is 36.4 Å². The SMILES string of the molecule is Cl.O=S(=O)(NC(CN1CCOCC1)c1ccccc1)c1cccc2nsnc12. The van der Waals surface area contributed by atoms with Gasteiger partial charge in [0.1, 0.15) is 15.9 Å². The molecule has 0 spiro atoms. The van der Waals surface area contributed by atoms with Crippen LogP contribution < -0.4 is 4.72 Å². The van der Waals surface area contributed by atoms with Gasteiger partial charge in [0.2, 0.25) is 10.0 Å². The predicted molar refractivity (Wildman–Crippen MR) is 111 cm³/mol. The van der Waals surface area contributed by atoms with E-state index in [4.69, 9.17) is 4.74 Å². The summed E-state index contributed by atoms with van der Waals surface area (Å²) in [5, 5.41) is 0. The largest absolute Gasteiger partial charge is 0.379 e. The maximum atomic E-state index is 13.2. The van der Waals surface area contributed by atoms with Gasteiger partial charge in [0, 0.05) is 19.6 Å². The molecule has 0 bridgehead atoms. The molecule has 2 heterocycles. The fraction of sp³-hybridized carbons (Fsp3) is 0.333. The highest BCUT2D eigenvalue weighted by atomic mass is 35.5. The Morgan fingerprint density at radius 3 is 2.57 bits per heavy atom. The minimum absolute atomic E-state index is 0. The molecule has 1 atom stereocenters. The molecule has 1 saturated heterocycles. The number of ether oxygens (including phenoxy) is 1. The van der Waals surface area contributed by atoms with Crippen molar-refractivity contribution in [2.75, 3.05) is 32.8 Å². The molecule has 7 nitrogen and oxygen atoms in total. The summed E-state index contributed by atoms with van der Waals surface area (Å²) in [5.74, 6) is 0. The van der Waals surface area contributed by atoms with Crippen LogP contribution in [-0.4, -0.2) is 54.9 Å². The highest BCUT2D eigenvalue weighted by molar-refractivity contribution is 7.89. The first-order valence-corrected chi connectivity index (χ1v) is 10.9. The maximum absolute atomic E-state index is 13.2.